The molecule has 0 aliphatic carbocycles. The Kier molecular flexibility index (Phi) is 7.50. The van der Waals surface area contributed by atoms with Crippen LogP contribution in [0.1, 0.15) is 30.1 Å². The van der Waals surface area contributed by atoms with E-state index in [9.17, 15) is 9.59 Å². The first-order valence-corrected chi connectivity index (χ1v) is 11.4. The average molecular weight is 476 g/mol. The molecule has 0 radical (unpaired) electrons. The van der Waals surface area contributed by atoms with Crippen LogP contribution in [-0.4, -0.2) is 38.1 Å². The van der Waals surface area contributed by atoms with Crippen molar-refractivity contribution in [3.63, 3.8) is 0 Å². The molecule has 1 aliphatic heterocycles. The molecule has 182 valence electrons. The maximum Gasteiger partial charge on any atom is 0.227 e. The summed E-state index contributed by atoms with van der Waals surface area (Å²) < 4.78 is 16.2. The molecule has 8 heteroatoms. The monoisotopic (exact) mass is 475 g/mol. The number of nitrogens with one attached hydrogen (secondary N) is 1. The van der Waals surface area contributed by atoms with Crippen molar-refractivity contribution in [3.8, 4) is 17.2 Å². The number of hydrogen-bond acceptors (Lipinski definition) is 6. The molecule has 1 N–H and O–H groups in total. The molecule has 2 aromatic carbocycles. The lowest BCUT2D eigenvalue weighted by Gasteiger charge is -2.41. The summed E-state index contributed by atoms with van der Waals surface area (Å²) in [5.74, 6) is 1.13. The van der Waals surface area contributed by atoms with Crippen molar-refractivity contribution >= 4 is 17.5 Å². The molecule has 1 aliphatic rings. The predicted octanol–water partition coefficient (Wildman–Crippen LogP) is 3.91. The molecule has 2 heterocycles. The fraction of sp³-hybridized carbons (Fsp3) is 0.296. The zero-order valence-electron chi connectivity index (χ0n) is 20.1. The highest BCUT2D eigenvalue weighted by Crippen LogP contribution is 2.42. The van der Waals surface area contributed by atoms with Crippen LogP contribution in [0.3, 0.4) is 0 Å². The molecule has 3 aromatic rings. The van der Waals surface area contributed by atoms with Gasteiger partial charge in [0, 0.05) is 18.3 Å². The molecule has 0 spiro atoms. The Morgan fingerprint density at radius 3 is 2.43 bits per heavy atom. The normalized spacial score (nSPS) is 17.6. The van der Waals surface area contributed by atoms with Gasteiger partial charge in [0.1, 0.15) is 5.75 Å². The van der Waals surface area contributed by atoms with Gasteiger partial charge in [-0.25, -0.2) is 0 Å². The van der Waals surface area contributed by atoms with Gasteiger partial charge in [0.25, 0.3) is 0 Å². The van der Waals surface area contributed by atoms with Crippen molar-refractivity contribution in [1.82, 2.24) is 10.3 Å². The zero-order chi connectivity index (χ0) is 24.8. The summed E-state index contributed by atoms with van der Waals surface area (Å²) in [6.45, 7) is 0.311. The lowest BCUT2D eigenvalue weighted by atomic mass is 9.83. The Morgan fingerprint density at radius 2 is 1.77 bits per heavy atom. The van der Waals surface area contributed by atoms with Gasteiger partial charge in [-0.05, 0) is 60.5 Å². The van der Waals surface area contributed by atoms with Crippen LogP contribution in [0.25, 0.3) is 0 Å². The molecule has 2 amide bonds. The minimum Gasteiger partial charge on any atom is -0.497 e. The van der Waals surface area contributed by atoms with E-state index in [-0.39, 0.29) is 18.2 Å². The molecule has 2 atom stereocenters. The number of carbonyl (C=O) groups is 2. The summed E-state index contributed by atoms with van der Waals surface area (Å²) in [5.41, 5.74) is 2.24. The summed E-state index contributed by atoms with van der Waals surface area (Å²) >= 11 is 0. The lowest BCUT2D eigenvalue weighted by molar-refractivity contribution is -0.129. The van der Waals surface area contributed by atoms with Crippen molar-refractivity contribution in [2.45, 2.75) is 25.4 Å². The zero-order valence-corrected chi connectivity index (χ0v) is 20.1. The third-order valence-electron chi connectivity index (χ3n) is 6.20. The van der Waals surface area contributed by atoms with Crippen molar-refractivity contribution in [2.75, 3.05) is 26.2 Å². The number of benzene rings is 2. The van der Waals surface area contributed by atoms with E-state index in [1.54, 1.807) is 50.6 Å². The Bertz CT molecular complexity index is 1170. The van der Waals surface area contributed by atoms with E-state index < -0.39 is 12.0 Å². The van der Waals surface area contributed by atoms with E-state index in [1.165, 1.54) is 0 Å². The Labute approximate surface area is 204 Å². The smallest absolute Gasteiger partial charge is 0.227 e. The number of piperidine rings is 1. The highest BCUT2D eigenvalue weighted by Gasteiger charge is 2.41. The predicted molar refractivity (Wildman–Crippen MR) is 132 cm³/mol. The molecule has 1 saturated heterocycles. The number of amides is 2. The van der Waals surface area contributed by atoms with E-state index in [0.29, 0.717) is 35.9 Å². The minimum absolute atomic E-state index is 0.0521. The lowest BCUT2D eigenvalue weighted by Crippen LogP contribution is -2.48. The second-order valence-corrected chi connectivity index (χ2v) is 8.21. The van der Waals surface area contributed by atoms with Crippen molar-refractivity contribution in [2.24, 2.45) is 5.92 Å². The number of nitrogens with zero attached hydrogens (tertiary/aromatic N) is 2. The van der Waals surface area contributed by atoms with Crippen molar-refractivity contribution in [3.05, 3.63) is 78.1 Å². The number of hydrogen-bond donors (Lipinski definition) is 1. The molecular weight excluding hydrogens is 446 g/mol. The Morgan fingerprint density at radius 1 is 1.00 bits per heavy atom. The standard InChI is InChI=1S/C27H29N3O5/c1-33-21-10-8-20(9-11-21)30-25(31)14-12-22(27(32)29-17-19-6-4-5-15-28-19)26(30)18-7-13-23(34-2)24(16-18)35-3/h4-11,13,15-16,22,26H,12,14,17H2,1-3H3,(H,29,32)/t22-,26-/m1/s1. The maximum absolute atomic E-state index is 13.5. The average Bonchev–Trinajstić information content (AvgIpc) is 2.91. The SMILES string of the molecule is COc1ccc(N2C(=O)CC[C@@H](C(=O)NCc3ccccn3)[C@H]2c2ccc(OC)c(OC)c2)cc1. The van der Waals surface area contributed by atoms with Crippen LogP contribution in [-0.2, 0) is 16.1 Å². The number of pyridine rings is 1. The molecule has 35 heavy (non-hydrogen) atoms. The quantitative estimate of drug-likeness (QED) is 0.531. The number of carbonyl (C=O) groups excluding carboxylic acids is 2. The van der Waals surface area contributed by atoms with Gasteiger partial charge in [-0.15, -0.1) is 0 Å². The van der Waals surface area contributed by atoms with Crippen LogP contribution in [0, 0.1) is 5.92 Å². The molecule has 0 bridgehead atoms. The largest absolute Gasteiger partial charge is 0.497 e. The molecular formula is C27H29N3O5. The van der Waals surface area contributed by atoms with E-state index in [1.807, 2.05) is 42.5 Å². The highest BCUT2D eigenvalue weighted by atomic mass is 16.5. The molecule has 4 rings (SSSR count). The van der Waals surface area contributed by atoms with Crippen LogP contribution in [0.2, 0.25) is 0 Å². The Balaban J connectivity index is 1.72. The van der Waals surface area contributed by atoms with Gasteiger partial charge in [-0.2, -0.15) is 0 Å². The Hall–Kier alpha value is -4.07. The van der Waals surface area contributed by atoms with E-state index >= 15 is 0 Å². The highest BCUT2D eigenvalue weighted by molar-refractivity contribution is 5.97. The second-order valence-electron chi connectivity index (χ2n) is 8.21. The first kappa shape index (κ1) is 24.1. The van der Waals surface area contributed by atoms with Crippen LogP contribution in [0.15, 0.2) is 66.9 Å². The third kappa shape index (κ3) is 5.21. The van der Waals surface area contributed by atoms with Gasteiger partial charge in [0.15, 0.2) is 11.5 Å². The molecule has 0 saturated carbocycles. The molecule has 0 unspecified atom stereocenters. The van der Waals surface area contributed by atoms with Crippen LogP contribution < -0.4 is 24.4 Å². The second kappa shape index (κ2) is 10.9. The number of rotatable bonds is 8. The minimum atomic E-state index is -0.534. The topological polar surface area (TPSA) is 90.0 Å². The van der Waals surface area contributed by atoms with E-state index in [4.69, 9.17) is 14.2 Å². The van der Waals surface area contributed by atoms with Gasteiger partial charge in [0.05, 0.1) is 45.5 Å². The van der Waals surface area contributed by atoms with Gasteiger partial charge in [-0.1, -0.05) is 12.1 Å². The van der Waals surface area contributed by atoms with Crippen LogP contribution in [0.5, 0.6) is 17.2 Å². The fourth-order valence-electron chi connectivity index (χ4n) is 4.44. The first-order chi connectivity index (χ1) is 17.0. The van der Waals surface area contributed by atoms with Gasteiger partial charge in [-0.3, -0.25) is 14.6 Å². The molecule has 1 aromatic heterocycles. The van der Waals surface area contributed by atoms with E-state index in [2.05, 4.69) is 10.3 Å². The van der Waals surface area contributed by atoms with E-state index in [0.717, 1.165) is 11.3 Å². The number of methoxy groups -OCH3 is 3. The molecule has 1 fully saturated rings. The van der Waals surface area contributed by atoms with Gasteiger partial charge >= 0.3 is 0 Å². The van der Waals surface area contributed by atoms with Crippen LogP contribution >= 0.6 is 0 Å². The summed E-state index contributed by atoms with van der Waals surface area (Å²) in [6.07, 6.45) is 2.38. The number of ether oxygens (including phenoxy) is 3. The fourth-order valence-corrected chi connectivity index (χ4v) is 4.44. The maximum atomic E-state index is 13.5. The third-order valence-corrected chi connectivity index (χ3v) is 6.20. The summed E-state index contributed by atoms with van der Waals surface area (Å²) in [6, 6.07) is 17.8. The summed E-state index contributed by atoms with van der Waals surface area (Å²) in [7, 11) is 4.72. The van der Waals surface area contributed by atoms with Gasteiger partial charge in [0.2, 0.25) is 11.8 Å². The summed E-state index contributed by atoms with van der Waals surface area (Å²) in [5, 5.41) is 3.01. The van der Waals surface area contributed by atoms with Crippen molar-refractivity contribution in [1.29, 1.82) is 0 Å². The van der Waals surface area contributed by atoms with Crippen molar-refractivity contribution < 1.29 is 23.8 Å². The number of anilines is 1. The number of aromatic nitrogens is 1. The van der Waals surface area contributed by atoms with Gasteiger partial charge < -0.3 is 24.4 Å². The van der Waals surface area contributed by atoms with Crippen LogP contribution in [0.4, 0.5) is 5.69 Å². The first-order valence-electron chi connectivity index (χ1n) is 11.4. The summed E-state index contributed by atoms with van der Waals surface area (Å²) in [4.78, 5) is 32.7. The molecule has 8 nitrogen and oxygen atoms in total.